The van der Waals surface area contributed by atoms with E-state index in [0.717, 1.165) is 36.9 Å². The summed E-state index contributed by atoms with van der Waals surface area (Å²) in [4.78, 5) is 29.3. The number of aromatic amines is 1. The first-order chi connectivity index (χ1) is 18.1. The average molecular weight is 500 g/mol. The lowest BCUT2D eigenvalue weighted by Crippen LogP contribution is -2.44. The SMILES string of the molecule is O=C(NC1CCCC(Nc2cc(-c3ccccc3)nc(-c3c[nH]c4ncc(F)cc34)n2)C1)C1=CNNN1. The second kappa shape index (κ2) is 9.86. The normalized spacial score (nSPS) is 19.1. The van der Waals surface area contributed by atoms with Crippen LogP contribution in [0.4, 0.5) is 10.2 Å². The van der Waals surface area contributed by atoms with E-state index >= 15 is 0 Å². The maximum Gasteiger partial charge on any atom is 0.270 e. The van der Waals surface area contributed by atoms with Crippen LogP contribution in [0.15, 0.2) is 66.8 Å². The van der Waals surface area contributed by atoms with Crippen molar-refractivity contribution in [2.24, 2.45) is 0 Å². The predicted octanol–water partition coefficient (Wildman–Crippen LogP) is 3.12. The third kappa shape index (κ3) is 4.94. The van der Waals surface area contributed by atoms with E-state index in [9.17, 15) is 9.18 Å². The van der Waals surface area contributed by atoms with Gasteiger partial charge in [-0.25, -0.2) is 19.3 Å². The van der Waals surface area contributed by atoms with E-state index in [2.05, 4.69) is 37.0 Å². The number of nitrogens with one attached hydrogen (secondary N) is 6. The molecule has 37 heavy (non-hydrogen) atoms. The van der Waals surface area contributed by atoms with Gasteiger partial charge in [-0.2, -0.15) is 5.53 Å². The number of nitrogens with zero attached hydrogens (tertiary/aromatic N) is 3. The van der Waals surface area contributed by atoms with E-state index in [0.29, 0.717) is 33.9 Å². The predicted molar refractivity (Wildman–Crippen MR) is 138 cm³/mol. The lowest BCUT2D eigenvalue weighted by Gasteiger charge is -2.30. The maximum absolute atomic E-state index is 14.0. The molecule has 2 unspecified atom stereocenters. The standard InChI is InChI=1S/C26H26FN9O/c27-16-9-19-20(13-29-24(19)28-12-16)25-33-21(15-5-2-1-3-6-15)11-23(34-25)31-17-7-4-8-18(10-17)32-26(37)22-14-30-36-35-22/h1-3,5-6,9,11-14,17-18,30,35-36H,4,7-8,10H2,(H,28,29)(H,32,37)(H,31,33,34). The minimum atomic E-state index is -0.420. The molecule has 1 aliphatic heterocycles. The first-order valence-electron chi connectivity index (χ1n) is 12.2. The molecule has 6 N–H and O–H groups in total. The highest BCUT2D eigenvalue weighted by Crippen LogP contribution is 2.30. The van der Waals surface area contributed by atoms with Crippen molar-refractivity contribution in [2.75, 3.05) is 5.32 Å². The van der Waals surface area contributed by atoms with Crippen LogP contribution in [0.3, 0.4) is 0 Å². The van der Waals surface area contributed by atoms with Gasteiger partial charge in [0.15, 0.2) is 5.82 Å². The molecule has 1 fully saturated rings. The largest absolute Gasteiger partial charge is 0.367 e. The van der Waals surface area contributed by atoms with Gasteiger partial charge in [0, 0.05) is 47.1 Å². The van der Waals surface area contributed by atoms with Crippen molar-refractivity contribution >= 4 is 22.8 Å². The quantitative estimate of drug-likeness (QED) is 0.239. The second-order valence-electron chi connectivity index (χ2n) is 9.21. The van der Waals surface area contributed by atoms with E-state index in [1.165, 1.54) is 12.3 Å². The van der Waals surface area contributed by atoms with Crippen LogP contribution < -0.4 is 27.0 Å². The Kier molecular flexibility index (Phi) is 6.11. The number of hydrogen-bond acceptors (Lipinski definition) is 8. The first-order valence-corrected chi connectivity index (χ1v) is 12.2. The van der Waals surface area contributed by atoms with Gasteiger partial charge in [0.2, 0.25) is 0 Å². The lowest BCUT2D eigenvalue weighted by atomic mass is 9.91. The number of benzene rings is 1. The van der Waals surface area contributed by atoms with Gasteiger partial charge >= 0.3 is 0 Å². The van der Waals surface area contributed by atoms with Crippen molar-refractivity contribution in [1.29, 1.82) is 0 Å². The van der Waals surface area contributed by atoms with Gasteiger partial charge in [-0.15, -0.1) is 0 Å². The maximum atomic E-state index is 14.0. The molecule has 1 amide bonds. The Labute approximate surface area is 212 Å². The zero-order valence-electron chi connectivity index (χ0n) is 19.9. The molecule has 11 heteroatoms. The summed E-state index contributed by atoms with van der Waals surface area (Å²) in [5.74, 6) is 0.575. The lowest BCUT2D eigenvalue weighted by molar-refractivity contribution is -0.118. The number of carbonyl (C=O) groups is 1. The van der Waals surface area contributed by atoms with E-state index in [4.69, 9.17) is 9.97 Å². The summed E-state index contributed by atoms with van der Waals surface area (Å²) in [6, 6.07) is 13.4. The molecule has 1 aromatic carbocycles. The molecule has 0 spiro atoms. The van der Waals surface area contributed by atoms with Crippen LogP contribution in [-0.2, 0) is 4.79 Å². The van der Waals surface area contributed by atoms with Crippen molar-refractivity contribution in [3.05, 3.63) is 72.6 Å². The highest BCUT2D eigenvalue weighted by molar-refractivity contribution is 5.93. The van der Waals surface area contributed by atoms with Crippen LogP contribution in [0.5, 0.6) is 0 Å². The van der Waals surface area contributed by atoms with Crippen molar-refractivity contribution in [3.63, 3.8) is 0 Å². The molecule has 2 aliphatic rings. The summed E-state index contributed by atoms with van der Waals surface area (Å²) >= 11 is 0. The molecule has 4 aromatic rings. The minimum Gasteiger partial charge on any atom is -0.367 e. The Balaban J connectivity index is 1.28. The van der Waals surface area contributed by atoms with Crippen LogP contribution in [-0.4, -0.2) is 37.9 Å². The van der Waals surface area contributed by atoms with Crippen molar-refractivity contribution in [3.8, 4) is 22.6 Å². The number of anilines is 1. The molecule has 6 rings (SSSR count). The van der Waals surface area contributed by atoms with E-state index in [1.54, 1.807) is 12.4 Å². The van der Waals surface area contributed by atoms with Gasteiger partial charge in [-0.1, -0.05) is 30.3 Å². The van der Waals surface area contributed by atoms with Crippen LogP contribution in [0.25, 0.3) is 33.7 Å². The molecule has 1 saturated carbocycles. The topological polar surface area (TPSA) is 132 Å². The Morgan fingerprint density at radius 3 is 2.78 bits per heavy atom. The molecule has 188 valence electrons. The first kappa shape index (κ1) is 22.9. The Morgan fingerprint density at radius 2 is 1.95 bits per heavy atom. The molecule has 10 nitrogen and oxygen atoms in total. The molecule has 0 saturated heterocycles. The van der Waals surface area contributed by atoms with Gasteiger partial charge in [0.1, 0.15) is 23.0 Å². The van der Waals surface area contributed by atoms with Crippen molar-refractivity contribution in [1.82, 2.24) is 41.6 Å². The van der Waals surface area contributed by atoms with Gasteiger partial charge < -0.3 is 21.0 Å². The van der Waals surface area contributed by atoms with Crippen LogP contribution in [0.2, 0.25) is 0 Å². The number of carbonyl (C=O) groups excluding carboxylic acids is 1. The second-order valence-corrected chi connectivity index (χ2v) is 9.21. The number of hydrogen-bond donors (Lipinski definition) is 6. The number of pyridine rings is 1. The number of H-pyrrole nitrogens is 1. The van der Waals surface area contributed by atoms with Gasteiger partial charge in [-0.05, 0) is 31.7 Å². The number of fused-ring (bicyclic) bond motifs is 1. The zero-order valence-corrected chi connectivity index (χ0v) is 19.9. The van der Waals surface area contributed by atoms with Crippen molar-refractivity contribution in [2.45, 2.75) is 37.8 Å². The zero-order chi connectivity index (χ0) is 25.2. The Bertz CT molecular complexity index is 1470. The highest BCUT2D eigenvalue weighted by Gasteiger charge is 2.26. The van der Waals surface area contributed by atoms with Crippen LogP contribution in [0, 0.1) is 5.82 Å². The van der Waals surface area contributed by atoms with E-state index < -0.39 is 5.82 Å². The number of aromatic nitrogens is 4. The Morgan fingerprint density at radius 1 is 1.08 bits per heavy atom. The number of amides is 1. The molecule has 0 radical (unpaired) electrons. The van der Waals surface area contributed by atoms with Crippen LogP contribution >= 0.6 is 0 Å². The summed E-state index contributed by atoms with van der Waals surface area (Å²) in [6.45, 7) is 0. The average Bonchev–Trinajstić information content (AvgIpc) is 3.60. The minimum absolute atomic E-state index is 0.0413. The van der Waals surface area contributed by atoms with Gasteiger partial charge in [0.25, 0.3) is 5.91 Å². The monoisotopic (exact) mass is 499 g/mol. The number of rotatable bonds is 6. The number of hydrazine groups is 2. The number of halogens is 1. The smallest absolute Gasteiger partial charge is 0.270 e. The summed E-state index contributed by atoms with van der Waals surface area (Å²) < 4.78 is 14.0. The molecular weight excluding hydrogens is 473 g/mol. The van der Waals surface area contributed by atoms with Gasteiger partial charge in [-0.3, -0.25) is 10.2 Å². The fourth-order valence-corrected chi connectivity index (χ4v) is 4.86. The summed E-state index contributed by atoms with van der Waals surface area (Å²) in [6.07, 6.45) is 8.14. The molecule has 2 atom stereocenters. The van der Waals surface area contributed by atoms with Crippen molar-refractivity contribution < 1.29 is 9.18 Å². The fourth-order valence-electron chi connectivity index (χ4n) is 4.86. The summed E-state index contributed by atoms with van der Waals surface area (Å²) in [5.41, 5.74) is 11.6. The summed E-state index contributed by atoms with van der Waals surface area (Å²) in [5, 5.41) is 7.29. The highest BCUT2D eigenvalue weighted by atomic mass is 19.1. The van der Waals surface area contributed by atoms with E-state index in [-0.39, 0.29) is 18.0 Å². The summed E-state index contributed by atoms with van der Waals surface area (Å²) in [7, 11) is 0. The molecule has 3 aromatic heterocycles. The molecule has 0 bridgehead atoms. The Hall–Kier alpha value is -4.51. The molecule has 1 aliphatic carbocycles. The third-order valence-electron chi connectivity index (χ3n) is 6.63. The molecular formula is C26H26FN9O. The van der Waals surface area contributed by atoms with Crippen LogP contribution in [0.1, 0.15) is 25.7 Å². The van der Waals surface area contributed by atoms with Gasteiger partial charge in [0.05, 0.1) is 11.9 Å². The van der Waals surface area contributed by atoms with E-state index in [1.807, 2.05) is 36.4 Å². The fraction of sp³-hybridized carbons (Fsp3) is 0.231. The third-order valence-corrected chi connectivity index (χ3v) is 6.63. The molecule has 4 heterocycles.